The molecule has 0 aromatic heterocycles. The van der Waals surface area contributed by atoms with E-state index >= 15 is 0 Å². The molecule has 2 aromatic rings. The van der Waals surface area contributed by atoms with Crippen molar-refractivity contribution in [1.29, 1.82) is 0 Å². The summed E-state index contributed by atoms with van der Waals surface area (Å²) in [7, 11) is 0. The molecule has 0 aliphatic heterocycles. The molecule has 138 valence electrons. The standard InChI is InChI=1S/C20H23ClN2O3/c1-15-14-17(21)8-9-19(15)23(16(2)24)12-11-22-20(25)10-13-26-18-6-4-3-5-7-18/h3-9,14H,10-13H2,1-2H3,(H,22,25). The highest BCUT2D eigenvalue weighted by atomic mass is 35.5. The molecular formula is C20H23ClN2O3. The summed E-state index contributed by atoms with van der Waals surface area (Å²) in [5, 5.41) is 3.44. The van der Waals surface area contributed by atoms with Crippen molar-refractivity contribution < 1.29 is 14.3 Å². The van der Waals surface area contributed by atoms with Gasteiger partial charge in [0.05, 0.1) is 13.0 Å². The van der Waals surface area contributed by atoms with Gasteiger partial charge in [0.25, 0.3) is 0 Å². The smallest absolute Gasteiger partial charge is 0.223 e. The fourth-order valence-electron chi connectivity index (χ4n) is 2.54. The molecule has 0 saturated heterocycles. The minimum atomic E-state index is -0.114. The van der Waals surface area contributed by atoms with Gasteiger partial charge in [-0.3, -0.25) is 9.59 Å². The molecule has 2 aromatic carbocycles. The lowest BCUT2D eigenvalue weighted by molar-refractivity contribution is -0.122. The molecule has 0 radical (unpaired) electrons. The highest BCUT2D eigenvalue weighted by Crippen LogP contribution is 2.23. The first-order valence-corrected chi connectivity index (χ1v) is 8.84. The quantitative estimate of drug-likeness (QED) is 0.768. The van der Waals surface area contributed by atoms with E-state index in [-0.39, 0.29) is 18.2 Å². The number of aryl methyl sites for hydroxylation is 1. The SMILES string of the molecule is CC(=O)N(CCNC(=O)CCOc1ccccc1)c1ccc(Cl)cc1C. The first kappa shape index (κ1) is 19.8. The fraction of sp³-hybridized carbons (Fsp3) is 0.300. The second kappa shape index (κ2) is 9.82. The predicted octanol–water partition coefficient (Wildman–Crippen LogP) is 3.59. The Kier molecular flexibility index (Phi) is 7.48. The lowest BCUT2D eigenvalue weighted by Gasteiger charge is -2.23. The van der Waals surface area contributed by atoms with E-state index in [1.807, 2.05) is 49.4 Å². The number of anilines is 1. The van der Waals surface area contributed by atoms with Crippen molar-refractivity contribution in [3.8, 4) is 5.75 Å². The lowest BCUT2D eigenvalue weighted by Crippen LogP contribution is -2.38. The number of nitrogens with zero attached hydrogens (tertiary/aromatic N) is 1. The lowest BCUT2D eigenvalue weighted by atomic mass is 10.2. The average Bonchev–Trinajstić information content (AvgIpc) is 2.60. The maximum Gasteiger partial charge on any atom is 0.223 e. The van der Waals surface area contributed by atoms with Crippen LogP contribution in [0.15, 0.2) is 48.5 Å². The van der Waals surface area contributed by atoms with Gasteiger partial charge >= 0.3 is 0 Å². The Morgan fingerprint density at radius 1 is 1.15 bits per heavy atom. The summed E-state index contributed by atoms with van der Waals surface area (Å²) in [6.07, 6.45) is 0.259. The molecule has 5 nitrogen and oxygen atoms in total. The van der Waals surface area contributed by atoms with Crippen LogP contribution in [0.2, 0.25) is 5.02 Å². The largest absolute Gasteiger partial charge is 0.493 e. The van der Waals surface area contributed by atoms with Gasteiger partial charge in [-0.2, -0.15) is 0 Å². The Morgan fingerprint density at radius 2 is 1.88 bits per heavy atom. The molecule has 0 spiro atoms. The van der Waals surface area contributed by atoms with E-state index in [4.69, 9.17) is 16.3 Å². The number of benzene rings is 2. The third kappa shape index (κ3) is 6.08. The molecule has 0 bridgehead atoms. The highest BCUT2D eigenvalue weighted by Gasteiger charge is 2.14. The summed E-state index contributed by atoms with van der Waals surface area (Å²) in [5.41, 5.74) is 1.71. The molecule has 2 amide bonds. The number of amides is 2. The van der Waals surface area contributed by atoms with E-state index in [2.05, 4.69) is 5.32 Å². The van der Waals surface area contributed by atoms with Crippen LogP contribution < -0.4 is 15.0 Å². The second-order valence-electron chi connectivity index (χ2n) is 5.86. The molecule has 6 heteroatoms. The zero-order chi connectivity index (χ0) is 18.9. The summed E-state index contributed by atoms with van der Waals surface area (Å²) >= 11 is 5.97. The highest BCUT2D eigenvalue weighted by molar-refractivity contribution is 6.30. The minimum absolute atomic E-state index is 0.0860. The zero-order valence-corrected chi connectivity index (χ0v) is 15.8. The van der Waals surface area contributed by atoms with Crippen molar-refractivity contribution in [3.05, 3.63) is 59.1 Å². The van der Waals surface area contributed by atoms with Crippen molar-refractivity contribution in [1.82, 2.24) is 5.32 Å². The van der Waals surface area contributed by atoms with E-state index in [0.29, 0.717) is 24.7 Å². The third-order valence-corrected chi connectivity index (χ3v) is 4.06. The number of nitrogens with one attached hydrogen (secondary N) is 1. The van der Waals surface area contributed by atoms with Crippen molar-refractivity contribution >= 4 is 29.1 Å². The van der Waals surface area contributed by atoms with Gasteiger partial charge in [-0.15, -0.1) is 0 Å². The van der Waals surface area contributed by atoms with Gasteiger partial charge in [0.15, 0.2) is 0 Å². The summed E-state index contributed by atoms with van der Waals surface area (Å²) in [5.74, 6) is 0.538. The number of carbonyl (C=O) groups excluding carboxylic acids is 2. The predicted molar refractivity (Wildman–Crippen MR) is 104 cm³/mol. The van der Waals surface area contributed by atoms with Crippen LogP contribution in [0.5, 0.6) is 5.75 Å². The number of carbonyl (C=O) groups is 2. The van der Waals surface area contributed by atoms with Crippen LogP contribution >= 0.6 is 11.6 Å². The monoisotopic (exact) mass is 374 g/mol. The molecule has 1 N–H and O–H groups in total. The number of halogens is 1. The molecule has 0 unspecified atom stereocenters. The van der Waals surface area contributed by atoms with Crippen LogP contribution in [-0.2, 0) is 9.59 Å². The number of hydrogen-bond acceptors (Lipinski definition) is 3. The van der Waals surface area contributed by atoms with E-state index in [0.717, 1.165) is 17.0 Å². The second-order valence-corrected chi connectivity index (χ2v) is 6.30. The Balaban J connectivity index is 1.78. The molecule has 0 aliphatic rings. The first-order valence-electron chi connectivity index (χ1n) is 8.46. The molecular weight excluding hydrogens is 352 g/mol. The average molecular weight is 375 g/mol. The van der Waals surface area contributed by atoms with Gasteiger partial charge in [-0.05, 0) is 42.8 Å². The van der Waals surface area contributed by atoms with Crippen LogP contribution in [0.4, 0.5) is 5.69 Å². The topological polar surface area (TPSA) is 58.6 Å². The molecule has 26 heavy (non-hydrogen) atoms. The van der Waals surface area contributed by atoms with Gasteiger partial charge in [0.2, 0.25) is 11.8 Å². The van der Waals surface area contributed by atoms with Gasteiger partial charge in [-0.25, -0.2) is 0 Å². The summed E-state index contributed by atoms with van der Waals surface area (Å²) in [4.78, 5) is 25.5. The number of hydrogen-bond donors (Lipinski definition) is 1. The Labute approximate surface area is 158 Å². The van der Waals surface area contributed by atoms with Gasteiger partial charge in [0, 0.05) is 30.7 Å². The summed E-state index contributed by atoms with van der Waals surface area (Å²) in [6, 6.07) is 14.7. The van der Waals surface area contributed by atoms with Crippen molar-refractivity contribution in [2.24, 2.45) is 0 Å². The minimum Gasteiger partial charge on any atom is -0.493 e. The van der Waals surface area contributed by atoms with Crippen molar-refractivity contribution in [2.45, 2.75) is 20.3 Å². The first-order chi connectivity index (χ1) is 12.5. The fourth-order valence-corrected chi connectivity index (χ4v) is 2.77. The molecule has 2 rings (SSSR count). The molecule has 0 heterocycles. The number of ether oxygens (including phenoxy) is 1. The molecule has 0 fully saturated rings. The van der Waals surface area contributed by atoms with Crippen LogP contribution in [0.25, 0.3) is 0 Å². The van der Waals surface area contributed by atoms with Crippen molar-refractivity contribution in [3.63, 3.8) is 0 Å². The Hall–Kier alpha value is -2.53. The normalized spacial score (nSPS) is 10.3. The van der Waals surface area contributed by atoms with Gasteiger partial charge in [-0.1, -0.05) is 29.8 Å². The Bertz CT molecular complexity index is 750. The number of rotatable bonds is 8. The van der Waals surface area contributed by atoms with Crippen LogP contribution in [0.1, 0.15) is 18.9 Å². The third-order valence-electron chi connectivity index (χ3n) is 3.83. The molecule has 0 saturated carbocycles. The summed E-state index contributed by atoms with van der Waals surface area (Å²) < 4.78 is 5.50. The summed E-state index contributed by atoms with van der Waals surface area (Å²) in [6.45, 7) is 4.47. The number of para-hydroxylation sites is 1. The van der Waals surface area contributed by atoms with Crippen LogP contribution in [0, 0.1) is 6.92 Å². The zero-order valence-electron chi connectivity index (χ0n) is 15.0. The van der Waals surface area contributed by atoms with E-state index in [1.54, 1.807) is 11.0 Å². The van der Waals surface area contributed by atoms with Gasteiger partial charge in [0.1, 0.15) is 5.75 Å². The molecule has 0 aliphatic carbocycles. The van der Waals surface area contributed by atoms with Gasteiger partial charge < -0.3 is 15.0 Å². The maximum absolute atomic E-state index is 11.9. The molecule has 0 atom stereocenters. The van der Waals surface area contributed by atoms with E-state index < -0.39 is 0 Å². The van der Waals surface area contributed by atoms with Crippen molar-refractivity contribution in [2.75, 3.05) is 24.6 Å². The van der Waals surface area contributed by atoms with Crippen LogP contribution in [-0.4, -0.2) is 31.5 Å². The Morgan fingerprint density at radius 3 is 2.54 bits per heavy atom. The van der Waals surface area contributed by atoms with E-state index in [9.17, 15) is 9.59 Å². The maximum atomic E-state index is 11.9. The van der Waals surface area contributed by atoms with E-state index in [1.165, 1.54) is 6.92 Å². The van der Waals surface area contributed by atoms with Crippen LogP contribution in [0.3, 0.4) is 0 Å².